The van der Waals surface area contributed by atoms with E-state index in [1.54, 1.807) is 11.8 Å². The average molecular weight is 418 g/mol. The number of ketones is 1. The third-order valence-electron chi connectivity index (χ3n) is 5.29. The first-order valence-electron chi connectivity index (χ1n) is 9.45. The average Bonchev–Trinajstić information content (AvgIpc) is 3.16. The molecule has 0 aromatic heterocycles. The maximum Gasteiger partial charge on any atom is 0.313 e. The van der Waals surface area contributed by atoms with E-state index in [2.05, 4.69) is 5.32 Å². The van der Waals surface area contributed by atoms with E-state index in [0.717, 1.165) is 45.9 Å². The SMILES string of the molecule is CC(C(=O)OCC1CCCN1)c1ccc2c(c1)CC(=O)c1ccccc1S2.Cl. The Labute approximate surface area is 175 Å². The second kappa shape index (κ2) is 9.12. The summed E-state index contributed by atoms with van der Waals surface area (Å²) in [7, 11) is 0. The maximum atomic E-state index is 12.6. The molecule has 0 amide bonds. The van der Waals surface area contributed by atoms with Gasteiger partial charge in [0.2, 0.25) is 0 Å². The van der Waals surface area contributed by atoms with Crippen LogP contribution in [0.15, 0.2) is 52.3 Å². The lowest BCUT2D eigenvalue weighted by Gasteiger charge is -2.16. The number of fused-ring (bicyclic) bond motifs is 2. The zero-order chi connectivity index (χ0) is 18.8. The minimum absolute atomic E-state index is 0. The molecule has 2 aromatic rings. The van der Waals surface area contributed by atoms with Crippen molar-refractivity contribution in [1.29, 1.82) is 0 Å². The zero-order valence-electron chi connectivity index (χ0n) is 15.8. The van der Waals surface area contributed by atoms with Crippen LogP contribution < -0.4 is 5.32 Å². The van der Waals surface area contributed by atoms with Gasteiger partial charge >= 0.3 is 5.97 Å². The van der Waals surface area contributed by atoms with Crippen molar-refractivity contribution in [3.63, 3.8) is 0 Å². The molecule has 4 nitrogen and oxygen atoms in total. The minimum atomic E-state index is -0.345. The summed E-state index contributed by atoms with van der Waals surface area (Å²) in [6.07, 6.45) is 2.55. The second-order valence-electron chi connectivity index (χ2n) is 7.21. The van der Waals surface area contributed by atoms with E-state index in [9.17, 15) is 9.59 Å². The summed E-state index contributed by atoms with van der Waals surface area (Å²) in [5, 5.41) is 3.33. The van der Waals surface area contributed by atoms with E-state index in [4.69, 9.17) is 4.74 Å². The lowest BCUT2D eigenvalue weighted by Crippen LogP contribution is -2.29. The van der Waals surface area contributed by atoms with Crippen LogP contribution in [-0.4, -0.2) is 30.9 Å². The van der Waals surface area contributed by atoms with Crippen LogP contribution in [0.1, 0.15) is 47.2 Å². The largest absolute Gasteiger partial charge is 0.464 e. The Bertz CT molecular complexity index is 880. The van der Waals surface area contributed by atoms with E-state index in [1.165, 1.54) is 0 Å². The van der Waals surface area contributed by atoms with Crippen LogP contribution in [0.5, 0.6) is 0 Å². The molecule has 0 radical (unpaired) electrons. The van der Waals surface area contributed by atoms with Crippen molar-refractivity contribution in [1.82, 2.24) is 5.32 Å². The molecular formula is C22H24ClNO3S. The summed E-state index contributed by atoms with van der Waals surface area (Å²) in [5.74, 6) is -0.432. The number of rotatable bonds is 4. The Hall–Kier alpha value is -1.82. The third kappa shape index (κ3) is 4.43. The van der Waals surface area contributed by atoms with Crippen molar-refractivity contribution in [3.05, 3.63) is 59.2 Å². The lowest BCUT2D eigenvalue weighted by molar-refractivity contribution is -0.145. The molecule has 2 aliphatic rings. The van der Waals surface area contributed by atoms with Gasteiger partial charge in [-0.2, -0.15) is 0 Å². The van der Waals surface area contributed by atoms with Crippen molar-refractivity contribution in [2.75, 3.05) is 13.2 Å². The van der Waals surface area contributed by atoms with Crippen LogP contribution in [0.25, 0.3) is 0 Å². The molecule has 0 spiro atoms. The number of nitrogens with one attached hydrogen (secondary N) is 1. The zero-order valence-corrected chi connectivity index (χ0v) is 17.4. The van der Waals surface area contributed by atoms with Gasteiger partial charge in [0, 0.05) is 27.8 Å². The molecule has 2 atom stereocenters. The van der Waals surface area contributed by atoms with Crippen LogP contribution in [-0.2, 0) is 16.0 Å². The molecule has 0 saturated carbocycles. The van der Waals surface area contributed by atoms with Crippen molar-refractivity contribution < 1.29 is 14.3 Å². The summed E-state index contributed by atoms with van der Waals surface area (Å²) in [6.45, 7) is 3.29. The quantitative estimate of drug-likeness (QED) is 0.747. The molecule has 1 saturated heterocycles. The van der Waals surface area contributed by atoms with Gasteiger partial charge in [0.1, 0.15) is 6.61 Å². The second-order valence-corrected chi connectivity index (χ2v) is 8.29. The van der Waals surface area contributed by atoms with Crippen molar-refractivity contribution in [3.8, 4) is 0 Å². The van der Waals surface area contributed by atoms with Crippen LogP contribution in [0.3, 0.4) is 0 Å². The minimum Gasteiger partial charge on any atom is -0.464 e. The summed E-state index contributed by atoms with van der Waals surface area (Å²) >= 11 is 1.62. The summed E-state index contributed by atoms with van der Waals surface area (Å²) in [5.41, 5.74) is 2.66. The molecule has 0 bridgehead atoms. The highest BCUT2D eigenvalue weighted by atomic mass is 35.5. The van der Waals surface area contributed by atoms with Crippen LogP contribution in [0, 0.1) is 0 Å². The highest BCUT2D eigenvalue weighted by Gasteiger charge is 2.24. The Balaban J connectivity index is 0.00000225. The van der Waals surface area contributed by atoms with Gasteiger partial charge in [-0.15, -0.1) is 12.4 Å². The molecule has 6 heteroatoms. The summed E-state index contributed by atoms with van der Waals surface area (Å²) in [4.78, 5) is 27.1. The molecule has 2 aromatic carbocycles. The fraction of sp³-hybridized carbons (Fsp3) is 0.364. The van der Waals surface area contributed by atoms with Gasteiger partial charge in [-0.1, -0.05) is 42.1 Å². The van der Waals surface area contributed by atoms with Crippen LogP contribution in [0.2, 0.25) is 0 Å². The highest BCUT2D eigenvalue weighted by Crippen LogP contribution is 2.38. The topological polar surface area (TPSA) is 55.4 Å². The van der Waals surface area contributed by atoms with Gasteiger partial charge < -0.3 is 10.1 Å². The molecule has 2 unspecified atom stereocenters. The molecule has 148 valence electrons. The van der Waals surface area contributed by atoms with Crippen molar-refractivity contribution in [2.24, 2.45) is 0 Å². The number of carbonyl (C=O) groups excluding carboxylic acids is 2. The highest BCUT2D eigenvalue weighted by molar-refractivity contribution is 7.99. The first-order valence-corrected chi connectivity index (χ1v) is 10.3. The van der Waals surface area contributed by atoms with E-state index in [1.807, 2.05) is 49.4 Å². The number of ether oxygens (including phenoxy) is 1. The smallest absolute Gasteiger partial charge is 0.313 e. The van der Waals surface area contributed by atoms with Crippen LogP contribution >= 0.6 is 24.2 Å². The number of hydrogen-bond acceptors (Lipinski definition) is 5. The van der Waals surface area contributed by atoms with Gasteiger partial charge in [0.25, 0.3) is 0 Å². The predicted octanol–water partition coefficient (Wildman–Crippen LogP) is 4.40. The Kier molecular flexibility index (Phi) is 6.81. The molecule has 2 aliphatic heterocycles. The van der Waals surface area contributed by atoms with Gasteiger partial charge in [-0.05, 0) is 49.6 Å². The number of halogens is 1. The van der Waals surface area contributed by atoms with E-state index in [-0.39, 0.29) is 36.1 Å². The summed E-state index contributed by atoms with van der Waals surface area (Å²) in [6, 6.07) is 14.0. The Morgan fingerprint density at radius 2 is 2.07 bits per heavy atom. The summed E-state index contributed by atoms with van der Waals surface area (Å²) < 4.78 is 5.51. The predicted molar refractivity (Wildman–Crippen MR) is 113 cm³/mol. The van der Waals surface area contributed by atoms with Crippen molar-refractivity contribution >= 4 is 35.9 Å². The normalized spacial score (nSPS) is 19.0. The van der Waals surface area contributed by atoms with Gasteiger partial charge in [0.05, 0.1) is 5.92 Å². The number of benzene rings is 2. The molecule has 4 rings (SSSR count). The van der Waals surface area contributed by atoms with E-state index in [0.29, 0.717) is 13.0 Å². The first-order chi connectivity index (χ1) is 13.1. The number of esters is 1. The molecule has 28 heavy (non-hydrogen) atoms. The van der Waals surface area contributed by atoms with Gasteiger partial charge in [-0.3, -0.25) is 9.59 Å². The fourth-order valence-electron chi connectivity index (χ4n) is 3.62. The van der Waals surface area contributed by atoms with E-state index >= 15 is 0 Å². The third-order valence-corrected chi connectivity index (χ3v) is 6.48. The maximum absolute atomic E-state index is 12.6. The van der Waals surface area contributed by atoms with Crippen LogP contribution in [0.4, 0.5) is 0 Å². The molecule has 1 N–H and O–H groups in total. The molecular weight excluding hydrogens is 394 g/mol. The number of carbonyl (C=O) groups is 2. The first kappa shape index (κ1) is 20.9. The Morgan fingerprint density at radius 3 is 2.86 bits per heavy atom. The monoisotopic (exact) mass is 417 g/mol. The molecule has 0 aliphatic carbocycles. The molecule has 1 fully saturated rings. The number of hydrogen-bond donors (Lipinski definition) is 1. The molecule has 2 heterocycles. The van der Waals surface area contributed by atoms with Gasteiger partial charge in [-0.25, -0.2) is 0 Å². The number of Topliss-reactive ketones (excluding diaryl/α,β-unsaturated/α-hetero) is 1. The standard InChI is InChI=1S/C22H23NO3S.ClH/c1-14(22(25)26-13-17-5-4-10-23-17)15-8-9-20-16(11-15)12-19(24)18-6-2-3-7-21(18)27-20;/h2-3,6-9,11,14,17,23H,4-5,10,12-13H2,1H3;1H. The Morgan fingerprint density at radius 1 is 1.25 bits per heavy atom. The van der Waals surface area contributed by atoms with E-state index < -0.39 is 0 Å². The van der Waals surface area contributed by atoms with Gasteiger partial charge in [0.15, 0.2) is 5.78 Å². The van der Waals surface area contributed by atoms with Crippen molar-refractivity contribution in [2.45, 2.75) is 47.9 Å². The lowest BCUT2D eigenvalue weighted by atomic mass is 9.96. The fourth-order valence-corrected chi connectivity index (χ4v) is 4.70.